The molecule has 10 aromatic carbocycles. The smallest absolute Gasteiger partial charge is 0.159 e. The van der Waals surface area contributed by atoms with Gasteiger partial charge in [-0.15, -0.1) is 11.3 Å². The highest BCUT2D eigenvalue weighted by Crippen LogP contribution is 2.52. The van der Waals surface area contributed by atoms with Crippen LogP contribution in [0.5, 0.6) is 0 Å². The first kappa shape index (κ1) is 32.1. The number of nitrogens with zero attached hydrogens (tertiary/aromatic N) is 1. The third-order valence-corrected chi connectivity index (χ3v) is 12.8. The molecule has 266 valence electrons. The van der Waals surface area contributed by atoms with E-state index in [1.54, 1.807) is 0 Å². The normalized spacial score (nSPS) is 11.9. The summed E-state index contributed by atoms with van der Waals surface area (Å²) in [6.07, 6.45) is 0. The average molecular weight is 744 g/mol. The molecule has 0 bridgehead atoms. The molecule has 57 heavy (non-hydrogen) atoms. The lowest BCUT2D eigenvalue weighted by Crippen LogP contribution is -2.13. The van der Waals surface area contributed by atoms with Crippen LogP contribution in [0.25, 0.3) is 96.7 Å². The Morgan fingerprint density at radius 1 is 0.404 bits per heavy atom. The van der Waals surface area contributed by atoms with Crippen molar-refractivity contribution >= 4 is 103 Å². The number of fused-ring (bicyclic) bond motifs is 10. The monoisotopic (exact) mass is 743 g/mol. The van der Waals surface area contributed by atoms with E-state index >= 15 is 0 Å². The van der Waals surface area contributed by atoms with E-state index in [0.29, 0.717) is 0 Å². The van der Waals surface area contributed by atoms with Crippen LogP contribution in [-0.2, 0) is 0 Å². The van der Waals surface area contributed by atoms with E-state index in [9.17, 15) is 0 Å². The molecule has 0 fully saturated rings. The molecule has 0 saturated heterocycles. The Morgan fingerprint density at radius 3 is 1.93 bits per heavy atom. The maximum Gasteiger partial charge on any atom is 0.159 e. The van der Waals surface area contributed by atoms with Crippen LogP contribution < -0.4 is 4.90 Å². The highest BCUT2D eigenvalue weighted by atomic mass is 32.1. The van der Waals surface area contributed by atoms with Gasteiger partial charge in [-0.1, -0.05) is 164 Å². The molecule has 0 spiro atoms. The third kappa shape index (κ3) is 4.96. The summed E-state index contributed by atoms with van der Waals surface area (Å²) in [5.74, 6) is 0. The maximum absolute atomic E-state index is 6.88. The molecule has 0 aliphatic carbocycles. The number of para-hydroxylation sites is 2. The SMILES string of the molecule is c1cc(-c2cccc3c2sc2ccccc23)cc(N(c2c(-c3ccc4ccccc4c3)c3ccccc3c3ccccc23)c2cccc3c2oc2ccccc23)c1. The van der Waals surface area contributed by atoms with Crippen molar-refractivity contribution in [1.29, 1.82) is 0 Å². The van der Waals surface area contributed by atoms with Gasteiger partial charge in [0, 0.05) is 47.6 Å². The molecular weight excluding hydrogens is 711 g/mol. The molecular formula is C54H33NOS. The van der Waals surface area contributed by atoms with Crippen LogP contribution in [0.4, 0.5) is 17.1 Å². The van der Waals surface area contributed by atoms with Crippen molar-refractivity contribution in [3.8, 4) is 22.3 Å². The zero-order chi connectivity index (χ0) is 37.5. The van der Waals surface area contributed by atoms with Gasteiger partial charge in [-0.3, -0.25) is 0 Å². The van der Waals surface area contributed by atoms with E-state index in [0.717, 1.165) is 39.0 Å². The van der Waals surface area contributed by atoms with Crippen LogP contribution in [0.1, 0.15) is 0 Å². The largest absolute Gasteiger partial charge is 0.454 e. The van der Waals surface area contributed by atoms with Gasteiger partial charge in [0.15, 0.2) is 5.58 Å². The lowest BCUT2D eigenvalue weighted by atomic mass is 9.89. The lowest BCUT2D eigenvalue weighted by Gasteiger charge is -2.31. The van der Waals surface area contributed by atoms with Gasteiger partial charge in [0.25, 0.3) is 0 Å². The highest BCUT2D eigenvalue weighted by molar-refractivity contribution is 7.26. The van der Waals surface area contributed by atoms with E-state index in [1.165, 1.54) is 74.7 Å². The van der Waals surface area contributed by atoms with Crippen LogP contribution in [-0.4, -0.2) is 0 Å². The van der Waals surface area contributed by atoms with Crippen LogP contribution in [0.3, 0.4) is 0 Å². The van der Waals surface area contributed by atoms with Crippen molar-refractivity contribution in [2.24, 2.45) is 0 Å². The summed E-state index contributed by atoms with van der Waals surface area (Å²) in [5.41, 5.74) is 9.65. The van der Waals surface area contributed by atoms with Crippen LogP contribution in [0.2, 0.25) is 0 Å². The van der Waals surface area contributed by atoms with Gasteiger partial charge in [0.05, 0.1) is 11.4 Å². The number of thiophene rings is 1. The molecule has 12 rings (SSSR count). The topological polar surface area (TPSA) is 16.4 Å². The molecule has 2 nitrogen and oxygen atoms in total. The van der Waals surface area contributed by atoms with E-state index < -0.39 is 0 Å². The predicted molar refractivity (Wildman–Crippen MR) is 245 cm³/mol. The highest BCUT2D eigenvalue weighted by Gasteiger charge is 2.27. The van der Waals surface area contributed by atoms with Crippen molar-refractivity contribution in [3.63, 3.8) is 0 Å². The van der Waals surface area contributed by atoms with Gasteiger partial charge in [-0.05, 0) is 80.0 Å². The predicted octanol–water partition coefficient (Wildman–Crippen LogP) is 16.2. The Morgan fingerprint density at radius 2 is 1.05 bits per heavy atom. The minimum Gasteiger partial charge on any atom is -0.454 e. The molecule has 0 atom stereocenters. The fourth-order valence-electron chi connectivity index (χ4n) is 9.08. The minimum absolute atomic E-state index is 0.859. The summed E-state index contributed by atoms with van der Waals surface area (Å²) < 4.78 is 9.48. The first-order chi connectivity index (χ1) is 28.3. The summed E-state index contributed by atoms with van der Waals surface area (Å²) in [6, 6.07) is 72.8. The van der Waals surface area contributed by atoms with Crippen LogP contribution in [0.15, 0.2) is 205 Å². The molecule has 0 amide bonds. The fourth-order valence-corrected chi connectivity index (χ4v) is 10.3. The average Bonchev–Trinajstić information content (AvgIpc) is 3.86. The van der Waals surface area contributed by atoms with Crippen LogP contribution >= 0.6 is 11.3 Å². The molecule has 0 unspecified atom stereocenters. The molecule has 0 aliphatic heterocycles. The van der Waals surface area contributed by atoms with Crippen molar-refractivity contribution in [2.75, 3.05) is 4.90 Å². The first-order valence-electron chi connectivity index (χ1n) is 19.4. The van der Waals surface area contributed by atoms with Gasteiger partial charge >= 0.3 is 0 Å². The molecule has 12 aromatic rings. The summed E-state index contributed by atoms with van der Waals surface area (Å²) >= 11 is 1.87. The van der Waals surface area contributed by atoms with E-state index in [-0.39, 0.29) is 0 Å². The molecule has 0 N–H and O–H groups in total. The molecule has 0 saturated carbocycles. The lowest BCUT2D eigenvalue weighted by molar-refractivity contribution is 0.669. The van der Waals surface area contributed by atoms with E-state index in [4.69, 9.17) is 4.42 Å². The number of hydrogen-bond acceptors (Lipinski definition) is 3. The Hall–Kier alpha value is -7.20. The van der Waals surface area contributed by atoms with Gasteiger partial charge in [-0.25, -0.2) is 0 Å². The number of anilines is 3. The quantitative estimate of drug-likeness (QED) is 0.163. The third-order valence-electron chi connectivity index (χ3n) is 11.6. The zero-order valence-corrected chi connectivity index (χ0v) is 31.6. The second-order valence-corrected chi connectivity index (χ2v) is 15.8. The van der Waals surface area contributed by atoms with Crippen molar-refractivity contribution in [2.45, 2.75) is 0 Å². The second-order valence-electron chi connectivity index (χ2n) is 14.8. The summed E-state index contributed by atoms with van der Waals surface area (Å²) in [4.78, 5) is 2.47. The Bertz CT molecular complexity index is 3550. The van der Waals surface area contributed by atoms with Gasteiger partial charge in [0.1, 0.15) is 5.58 Å². The molecule has 0 aliphatic rings. The summed E-state index contributed by atoms with van der Waals surface area (Å²) in [5, 5.41) is 12.0. The van der Waals surface area contributed by atoms with E-state index in [1.807, 2.05) is 11.3 Å². The van der Waals surface area contributed by atoms with E-state index in [2.05, 4.69) is 205 Å². The van der Waals surface area contributed by atoms with Gasteiger partial charge < -0.3 is 9.32 Å². The molecule has 2 heterocycles. The Labute approximate surface area is 333 Å². The zero-order valence-electron chi connectivity index (χ0n) is 30.8. The van der Waals surface area contributed by atoms with Gasteiger partial charge in [-0.2, -0.15) is 0 Å². The number of furan rings is 1. The van der Waals surface area contributed by atoms with Crippen LogP contribution in [0, 0.1) is 0 Å². The molecule has 2 aromatic heterocycles. The van der Waals surface area contributed by atoms with Crippen molar-refractivity contribution in [1.82, 2.24) is 0 Å². The minimum atomic E-state index is 0.859. The molecule has 3 heteroatoms. The second kappa shape index (κ2) is 12.7. The van der Waals surface area contributed by atoms with Gasteiger partial charge in [0.2, 0.25) is 0 Å². The number of rotatable bonds is 5. The Kier molecular flexibility index (Phi) is 7.13. The number of benzene rings is 10. The van der Waals surface area contributed by atoms with Crippen molar-refractivity contribution in [3.05, 3.63) is 200 Å². The summed E-state index contributed by atoms with van der Waals surface area (Å²) in [6.45, 7) is 0. The maximum atomic E-state index is 6.88. The molecule has 0 radical (unpaired) electrons. The first-order valence-corrected chi connectivity index (χ1v) is 20.2. The number of hydrogen-bond donors (Lipinski definition) is 0. The van der Waals surface area contributed by atoms with Crippen molar-refractivity contribution < 1.29 is 4.42 Å². The summed E-state index contributed by atoms with van der Waals surface area (Å²) in [7, 11) is 0. The standard InChI is InChI=1S/C54H33NOS/c1-2-15-35-32-37(31-30-34(35)14-1)51-44-22-5-3-18-40(44)41-19-4-6-23-45(41)52(51)55(48-27-13-25-46-42-20-7-9-28-49(42)56-53(46)48)38-17-11-16-36(33-38)39-24-12-26-47-43-21-8-10-29-50(43)57-54(39)47/h1-33H. The Balaban J connectivity index is 1.22. The fraction of sp³-hybridized carbons (Fsp3) is 0.